The molecular formula is C19H23ClF3NO. The summed E-state index contributed by atoms with van der Waals surface area (Å²) in [6, 6.07) is 6.29. The first-order valence-corrected chi connectivity index (χ1v) is 8.35. The van der Waals surface area contributed by atoms with E-state index in [-0.39, 0.29) is 29.1 Å². The standard InChI is InChI=1S/C19H23ClF3NO/c1-12(2)24(13(3)4)18(25)17(9-14(5)11-19(21,22)23)15-7-6-8-16(20)10-15/h6-10,12-13H,5,11H2,1-4H3/b17-9+. The van der Waals surface area contributed by atoms with Crippen LogP contribution in [-0.4, -0.2) is 29.1 Å². The van der Waals surface area contributed by atoms with Gasteiger partial charge in [-0.15, -0.1) is 0 Å². The molecule has 0 spiro atoms. The molecule has 0 aliphatic rings. The summed E-state index contributed by atoms with van der Waals surface area (Å²) in [5, 5.41) is 0.401. The van der Waals surface area contributed by atoms with Gasteiger partial charge in [-0.3, -0.25) is 4.79 Å². The average molecular weight is 374 g/mol. The predicted molar refractivity (Wildman–Crippen MR) is 96.4 cm³/mol. The first-order chi connectivity index (χ1) is 11.4. The Morgan fingerprint density at radius 1 is 1.24 bits per heavy atom. The normalized spacial score (nSPS) is 12.6. The van der Waals surface area contributed by atoms with Crippen molar-refractivity contribution >= 4 is 23.1 Å². The minimum absolute atomic E-state index is 0.106. The second-order valence-electron chi connectivity index (χ2n) is 6.42. The van der Waals surface area contributed by atoms with Crippen LogP contribution in [0.2, 0.25) is 5.02 Å². The molecular weight excluding hydrogens is 351 g/mol. The summed E-state index contributed by atoms with van der Waals surface area (Å²) in [5.41, 5.74) is 0.439. The molecule has 1 aromatic carbocycles. The molecule has 0 aromatic heterocycles. The van der Waals surface area contributed by atoms with E-state index in [4.69, 9.17) is 11.6 Å². The van der Waals surface area contributed by atoms with Crippen LogP contribution in [0.3, 0.4) is 0 Å². The molecule has 1 amide bonds. The molecule has 0 aliphatic carbocycles. The summed E-state index contributed by atoms with van der Waals surface area (Å²) < 4.78 is 37.9. The molecule has 0 unspecified atom stereocenters. The van der Waals surface area contributed by atoms with E-state index in [0.29, 0.717) is 10.6 Å². The molecule has 0 bridgehead atoms. The van der Waals surface area contributed by atoms with Gasteiger partial charge >= 0.3 is 6.18 Å². The summed E-state index contributed by atoms with van der Waals surface area (Å²) in [5.74, 6) is -0.351. The second-order valence-corrected chi connectivity index (χ2v) is 6.85. The molecule has 25 heavy (non-hydrogen) atoms. The quantitative estimate of drug-likeness (QED) is 0.450. The fraction of sp³-hybridized carbons (Fsp3) is 0.421. The van der Waals surface area contributed by atoms with Crippen molar-refractivity contribution in [1.29, 1.82) is 0 Å². The fourth-order valence-electron chi connectivity index (χ4n) is 2.64. The molecule has 138 valence electrons. The number of allylic oxidation sites excluding steroid dienone is 2. The molecule has 0 saturated heterocycles. The molecule has 0 fully saturated rings. The van der Waals surface area contributed by atoms with Crippen LogP contribution in [0.15, 0.2) is 42.5 Å². The summed E-state index contributed by atoms with van der Waals surface area (Å²) in [7, 11) is 0. The number of carbonyl (C=O) groups is 1. The van der Waals surface area contributed by atoms with Gasteiger partial charge in [0.1, 0.15) is 0 Å². The van der Waals surface area contributed by atoms with Gasteiger partial charge in [0.05, 0.1) is 6.42 Å². The van der Waals surface area contributed by atoms with Crippen LogP contribution < -0.4 is 0 Å². The summed E-state index contributed by atoms with van der Waals surface area (Å²) in [4.78, 5) is 14.7. The number of hydrogen-bond acceptors (Lipinski definition) is 1. The number of benzene rings is 1. The highest BCUT2D eigenvalue weighted by molar-refractivity contribution is 6.31. The minimum Gasteiger partial charge on any atom is -0.334 e. The van der Waals surface area contributed by atoms with Gasteiger partial charge in [0.15, 0.2) is 0 Å². The summed E-state index contributed by atoms with van der Waals surface area (Å²) in [6.45, 7) is 10.9. The number of hydrogen-bond donors (Lipinski definition) is 0. The zero-order valence-corrected chi connectivity index (χ0v) is 15.6. The number of amides is 1. The van der Waals surface area contributed by atoms with Gasteiger partial charge in [-0.1, -0.05) is 30.3 Å². The van der Waals surface area contributed by atoms with E-state index in [1.165, 1.54) is 6.08 Å². The molecule has 0 atom stereocenters. The molecule has 1 rings (SSSR count). The van der Waals surface area contributed by atoms with Crippen molar-refractivity contribution in [3.05, 3.63) is 53.1 Å². The van der Waals surface area contributed by atoms with E-state index in [2.05, 4.69) is 6.58 Å². The molecule has 0 radical (unpaired) electrons. The largest absolute Gasteiger partial charge is 0.393 e. The molecule has 0 aliphatic heterocycles. The Balaban J connectivity index is 3.38. The van der Waals surface area contributed by atoms with Crippen molar-refractivity contribution in [1.82, 2.24) is 4.90 Å². The zero-order chi connectivity index (χ0) is 19.4. The highest BCUT2D eigenvalue weighted by Gasteiger charge is 2.29. The minimum atomic E-state index is -4.38. The number of nitrogens with zero attached hydrogens (tertiary/aromatic N) is 1. The number of halogens is 4. The van der Waals surface area contributed by atoms with Crippen molar-refractivity contribution in [2.45, 2.75) is 52.4 Å². The Bertz CT molecular complexity index is 655. The lowest BCUT2D eigenvalue weighted by atomic mass is 9.99. The van der Waals surface area contributed by atoms with Gasteiger partial charge in [-0.2, -0.15) is 13.2 Å². The molecule has 0 saturated carbocycles. The Morgan fingerprint density at radius 2 is 1.80 bits per heavy atom. The van der Waals surface area contributed by atoms with Crippen LogP contribution in [0.5, 0.6) is 0 Å². The lowest BCUT2D eigenvalue weighted by Gasteiger charge is -2.32. The maximum atomic E-state index is 13.0. The third-order valence-electron chi connectivity index (χ3n) is 3.49. The van der Waals surface area contributed by atoms with E-state index < -0.39 is 12.6 Å². The van der Waals surface area contributed by atoms with Crippen molar-refractivity contribution in [3.8, 4) is 0 Å². The van der Waals surface area contributed by atoms with Crippen molar-refractivity contribution < 1.29 is 18.0 Å². The van der Waals surface area contributed by atoms with Crippen molar-refractivity contribution in [2.75, 3.05) is 0 Å². The van der Waals surface area contributed by atoms with Crippen molar-refractivity contribution in [2.24, 2.45) is 0 Å². The van der Waals surface area contributed by atoms with Crippen LogP contribution in [0, 0.1) is 0 Å². The van der Waals surface area contributed by atoms with E-state index in [1.807, 2.05) is 27.7 Å². The van der Waals surface area contributed by atoms with Gasteiger partial charge in [-0.25, -0.2) is 0 Å². The highest BCUT2D eigenvalue weighted by atomic mass is 35.5. The molecule has 6 heteroatoms. The van der Waals surface area contributed by atoms with Gasteiger partial charge in [0.25, 0.3) is 5.91 Å². The van der Waals surface area contributed by atoms with E-state index >= 15 is 0 Å². The lowest BCUT2D eigenvalue weighted by Crippen LogP contribution is -2.42. The molecule has 0 N–H and O–H groups in total. The Labute approximate surface area is 152 Å². The summed E-state index contributed by atoms with van der Waals surface area (Å²) in [6.07, 6.45) is -4.35. The fourth-order valence-corrected chi connectivity index (χ4v) is 2.83. The van der Waals surface area contributed by atoms with Gasteiger partial charge in [-0.05, 0) is 57.0 Å². The van der Waals surface area contributed by atoms with E-state index in [1.54, 1.807) is 29.2 Å². The topological polar surface area (TPSA) is 20.3 Å². The maximum absolute atomic E-state index is 13.0. The van der Waals surface area contributed by atoms with Crippen LogP contribution >= 0.6 is 11.6 Å². The third-order valence-corrected chi connectivity index (χ3v) is 3.72. The Kier molecular flexibility index (Phi) is 7.29. The van der Waals surface area contributed by atoms with Crippen LogP contribution in [-0.2, 0) is 4.79 Å². The second kappa shape index (κ2) is 8.56. The van der Waals surface area contributed by atoms with Crippen molar-refractivity contribution in [3.63, 3.8) is 0 Å². The van der Waals surface area contributed by atoms with Gasteiger partial charge in [0, 0.05) is 22.7 Å². The maximum Gasteiger partial charge on any atom is 0.393 e. The van der Waals surface area contributed by atoms with E-state index in [9.17, 15) is 18.0 Å². The SMILES string of the molecule is C=C(/C=C(/C(=O)N(C(C)C)C(C)C)c1cccc(Cl)c1)CC(F)(F)F. The highest BCUT2D eigenvalue weighted by Crippen LogP contribution is 2.29. The molecule has 1 aromatic rings. The van der Waals surface area contributed by atoms with E-state index in [0.717, 1.165) is 0 Å². The first-order valence-electron chi connectivity index (χ1n) is 7.97. The summed E-state index contributed by atoms with van der Waals surface area (Å²) >= 11 is 5.99. The smallest absolute Gasteiger partial charge is 0.334 e. The Morgan fingerprint density at radius 3 is 2.24 bits per heavy atom. The number of carbonyl (C=O) groups excluding carboxylic acids is 1. The average Bonchev–Trinajstić information content (AvgIpc) is 2.41. The molecule has 2 nitrogen and oxygen atoms in total. The van der Waals surface area contributed by atoms with Gasteiger partial charge in [0.2, 0.25) is 0 Å². The van der Waals surface area contributed by atoms with Gasteiger partial charge < -0.3 is 4.90 Å². The molecule has 0 heterocycles. The number of alkyl halides is 3. The Hall–Kier alpha value is -1.75. The first kappa shape index (κ1) is 21.3. The zero-order valence-electron chi connectivity index (χ0n) is 14.8. The lowest BCUT2D eigenvalue weighted by molar-refractivity contribution is -0.129. The van der Waals surface area contributed by atoms with Crippen LogP contribution in [0.4, 0.5) is 13.2 Å². The van der Waals surface area contributed by atoms with Crippen LogP contribution in [0.25, 0.3) is 5.57 Å². The van der Waals surface area contributed by atoms with Crippen LogP contribution in [0.1, 0.15) is 39.7 Å². The monoisotopic (exact) mass is 373 g/mol. The third kappa shape index (κ3) is 6.58. The number of rotatable bonds is 6. The predicted octanol–water partition coefficient (Wildman–Crippen LogP) is 5.88.